The molecule has 2 rings (SSSR count). The molecule has 0 spiro atoms. The number of hydrogen-bond donors (Lipinski definition) is 1. The Kier molecular flexibility index (Phi) is 2.89. The van der Waals surface area contributed by atoms with Crippen LogP contribution in [0.4, 0.5) is 0 Å². The van der Waals surface area contributed by atoms with E-state index in [9.17, 15) is 0 Å². The summed E-state index contributed by atoms with van der Waals surface area (Å²) in [6.07, 6.45) is 0. The summed E-state index contributed by atoms with van der Waals surface area (Å²) < 4.78 is 5.44. The largest absolute Gasteiger partial charge is 0.496 e. The van der Waals surface area contributed by atoms with E-state index in [1.54, 1.807) is 7.11 Å². The maximum Gasteiger partial charge on any atom is 0.126 e. The number of methoxy groups -OCH3 is 1. The number of aryl methyl sites for hydroxylation is 1. The summed E-state index contributed by atoms with van der Waals surface area (Å²) in [6, 6.07) is 4.32. The van der Waals surface area contributed by atoms with Gasteiger partial charge in [0.05, 0.1) is 7.11 Å². The van der Waals surface area contributed by atoms with Crippen molar-refractivity contribution in [3.63, 3.8) is 0 Å². The van der Waals surface area contributed by atoms with Crippen LogP contribution in [0.2, 0.25) is 5.02 Å². The third-order valence-corrected chi connectivity index (χ3v) is 3.25. The molecular weight excluding hydrogens is 210 g/mol. The van der Waals surface area contributed by atoms with E-state index < -0.39 is 0 Å². The van der Waals surface area contributed by atoms with Crippen LogP contribution in [0.15, 0.2) is 12.1 Å². The molecule has 1 N–H and O–H groups in total. The second kappa shape index (κ2) is 4.03. The first-order valence-electron chi connectivity index (χ1n) is 5.21. The summed E-state index contributed by atoms with van der Waals surface area (Å²) in [5.74, 6) is 1.61. The Morgan fingerprint density at radius 1 is 1.47 bits per heavy atom. The fourth-order valence-electron chi connectivity index (χ4n) is 2.15. The second-order valence-corrected chi connectivity index (χ2v) is 4.64. The van der Waals surface area contributed by atoms with Crippen LogP contribution in [0.3, 0.4) is 0 Å². The van der Waals surface area contributed by atoms with Gasteiger partial charge >= 0.3 is 0 Å². The molecule has 1 aliphatic heterocycles. The number of nitrogens with one attached hydrogen (secondary N) is 1. The van der Waals surface area contributed by atoms with Crippen LogP contribution in [0.1, 0.15) is 24.1 Å². The van der Waals surface area contributed by atoms with E-state index in [4.69, 9.17) is 16.3 Å². The normalized spacial score (nSPS) is 24.8. The van der Waals surface area contributed by atoms with Crippen molar-refractivity contribution in [1.82, 2.24) is 5.32 Å². The first kappa shape index (κ1) is 10.8. The molecule has 2 nitrogen and oxygen atoms in total. The van der Waals surface area contributed by atoms with Crippen molar-refractivity contribution in [2.45, 2.75) is 19.9 Å². The molecule has 3 heteroatoms. The van der Waals surface area contributed by atoms with Crippen molar-refractivity contribution >= 4 is 11.6 Å². The Hall–Kier alpha value is -0.730. The molecule has 82 valence electrons. The minimum atomic E-state index is 0.386. The van der Waals surface area contributed by atoms with Crippen molar-refractivity contribution in [2.75, 3.05) is 13.7 Å². The Morgan fingerprint density at radius 2 is 2.20 bits per heavy atom. The van der Waals surface area contributed by atoms with Crippen LogP contribution >= 0.6 is 11.6 Å². The standard InChI is InChI=1S/C12H16ClNO/c1-7-4-9(13)5-10(12(7)15-3)11-8(2)6-14-11/h4-5,8,11,14H,6H2,1-3H3. The molecule has 0 bridgehead atoms. The highest BCUT2D eigenvalue weighted by molar-refractivity contribution is 6.30. The van der Waals surface area contributed by atoms with E-state index in [-0.39, 0.29) is 0 Å². The topological polar surface area (TPSA) is 21.3 Å². The predicted octanol–water partition coefficient (Wildman–Crippen LogP) is 2.94. The molecule has 0 radical (unpaired) electrons. The summed E-state index contributed by atoms with van der Waals surface area (Å²) in [5, 5.41) is 4.18. The predicted molar refractivity (Wildman–Crippen MR) is 62.6 cm³/mol. The van der Waals surface area contributed by atoms with Gasteiger partial charge in [-0.3, -0.25) is 0 Å². The van der Waals surface area contributed by atoms with Crippen molar-refractivity contribution in [1.29, 1.82) is 0 Å². The van der Waals surface area contributed by atoms with E-state index in [0.29, 0.717) is 12.0 Å². The van der Waals surface area contributed by atoms with Crippen molar-refractivity contribution in [3.05, 3.63) is 28.3 Å². The zero-order valence-corrected chi connectivity index (χ0v) is 10.1. The highest BCUT2D eigenvalue weighted by Gasteiger charge is 2.30. The summed E-state index contributed by atoms with van der Waals surface area (Å²) in [5.41, 5.74) is 2.28. The first-order valence-corrected chi connectivity index (χ1v) is 5.58. The minimum absolute atomic E-state index is 0.386. The molecule has 0 amide bonds. The first-order chi connectivity index (χ1) is 7.13. The van der Waals surface area contributed by atoms with Gasteiger partial charge in [-0.25, -0.2) is 0 Å². The van der Waals surface area contributed by atoms with Crippen molar-refractivity contribution < 1.29 is 4.74 Å². The van der Waals surface area contributed by atoms with Gasteiger partial charge in [0.2, 0.25) is 0 Å². The Morgan fingerprint density at radius 3 is 2.67 bits per heavy atom. The molecule has 2 atom stereocenters. The zero-order chi connectivity index (χ0) is 11.0. The maximum absolute atomic E-state index is 6.07. The molecule has 1 heterocycles. The summed E-state index contributed by atoms with van der Waals surface area (Å²) in [7, 11) is 1.71. The molecule has 1 aliphatic rings. The van der Waals surface area contributed by atoms with Crippen LogP contribution in [0.25, 0.3) is 0 Å². The molecular formula is C12H16ClNO. The van der Waals surface area contributed by atoms with E-state index in [0.717, 1.165) is 22.9 Å². The zero-order valence-electron chi connectivity index (χ0n) is 9.30. The molecule has 15 heavy (non-hydrogen) atoms. The van der Waals surface area contributed by atoms with Gasteiger partial charge in [-0.2, -0.15) is 0 Å². The third kappa shape index (κ3) is 1.84. The van der Waals surface area contributed by atoms with Gasteiger partial charge < -0.3 is 10.1 Å². The Balaban J connectivity index is 2.44. The monoisotopic (exact) mass is 225 g/mol. The third-order valence-electron chi connectivity index (χ3n) is 3.04. The SMILES string of the molecule is COc1c(C)cc(Cl)cc1C1NCC1C. The summed E-state index contributed by atoms with van der Waals surface area (Å²) >= 11 is 6.07. The molecule has 0 aromatic heterocycles. The number of benzene rings is 1. The lowest BCUT2D eigenvalue weighted by molar-refractivity contribution is 0.250. The van der Waals surface area contributed by atoms with Crippen LogP contribution in [0.5, 0.6) is 5.75 Å². The van der Waals surface area contributed by atoms with Gasteiger partial charge in [0.15, 0.2) is 0 Å². The average molecular weight is 226 g/mol. The van der Waals surface area contributed by atoms with Gasteiger partial charge in [0.1, 0.15) is 5.75 Å². The number of halogens is 1. The fourth-order valence-corrected chi connectivity index (χ4v) is 2.43. The van der Waals surface area contributed by atoms with Crippen molar-refractivity contribution in [2.24, 2.45) is 5.92 Å². The summed E-state index contributed by atoms with van der Waals surface area (Å²) in [6.45, 7) is 5.33. The number of hydrogen-bond acceptors (Lipinski definition) is 2. The highest BCUT2D eigenvalue weighted by Crippen LogP contribution is 2.38. The lowest BCUT2D eigenvalue weighted by atomic mass is 9.86. The van der Waals surface area contributed by atoms with Crippen LogP contribution in [0, 0.1) is 12.8 Å². The van der Waals surface area contributed by atoms with Gasteiger partial charge in [0.25, 0.3) is 0 Å². The number of ether oxygens (including phenoxy) is 1. The van der Waals surface area contributed by atoms with E-state index in [1.807, 2.05) is 19.1 Å². The highest BCUT2D eigenvalue weighted by atomic mass is 35.5. The Labute approximate surface area is 95.6 Å². The fraction of sp³-hybridized carbons (Fsp3) is 0.500. The van der Waals surface area contributed by atoms with E-state index in [2.05, 4.69) is 12.2 Å². The molecule has 0 aliphatic carbocycles. The quantitative estimate of drug-likeness (QED) is 0.836. The smallest absolute Gasteiger partial charge is 0.126 e. The molecule has 1 fully saturated rings. The summed E-state index contributed by atoms with van der Waals surface area (Å²) in [4.78, 5) is 0. The van der Waals surface area contributed by atoms with Crippen LogP contribution in [-0.2, 0) is 0 Å². The van der Waals surface area contributed by atoms with Crippen molar-refractivity contribution in [3.8, 4) is 5.75 Å². The Bertz CT molecular complexity index is 378. The van der Waals surface area contributed by atoms with Gasteiger partial charge in [-0.05, 0) is 30.5 Å². The van der Waals surface area contributed by atoms with Gasteiger partial charge in [0, 0.05) is 23.2 Å². The molecule has 1 aromatic carbocycles. The maximum atomic E-state index is 6.07. The van der Waals surface area contributed by atoms with E-state index in [1.165, 1.54) is 5.56 Å². The molecule has 2 unspecified atom stereocenters. The minimum Gasteiger partial charge on any atom is -0.496 e. The number of rotatable bonds is 2. The van der Waals surface area contributed by atoms with Gasteiger partial charge in [-0.15, -0.1) is 0 Å². The van der Waals surface area contributed by atoms with Crippen LogP contribution in [-0.4, -0.2) is 13.7 Å². The molecule has 1 saturated heterocycles. The average Bonchev–Trinajstić information content (AvgIpc) is 2.15. The van der Waals surface area contributed by atoms with E-state index >= 15 is 0 Å². The van der Waals surface area contributed by atoms with Crippen LogP contribution < -0.4 is 10.1 Å². The lowest BCUT2D eigenvalue weighted by Gasteiger charge is -2.37. The second-order valence-electron chi connectivity index (χ2n) is 4.21. The molecule has 1 aromatic rings. The molecule has 0 saturated carbocycles. The lowest BCUT2D eigenvalue weighted by Crippen LogP contribution is -2.44. The van der Waals surface area contributed by atoms with Gasteiger partial charge in [-0.1, -0.05) is 18.5 Å².